The fourth-order valence-corrected chi connectivity index (χ4v) is 5.00. The van der Waals surface area contributed by atoms with E-state index in [2.05, 4.69) is 5.32 Å². The monoisotopic (exact) mass is 384 g/mol. The van der Waals surface area contributed by atoms with Crippen LogP contribution in [0.5, 0.6) is 0 Å². The van der Waals surface area contributed by atoms with Gasteiger partial charge in [0.05, 0.1) is 16.7 Å². The highest BCUT2D eigenvalue weighted by Crippen LogP contribution is 2.32. The number of amides is 3. The van der Waals surface area contributed by atoms with Crippen LogP contribution in [0.1, 0.15) is 4.88 Å². The maximum absolute atomic E-state index is 12.2. The van der Waals surface area contributed by atoms with E-state index in [4.69, 9.17) is 0 Å². The van der Waals surface area contributed by atoms with E-state index in [1.165, 1.54) is 17.4 Å². The van der Waals surface area contributed by atoms with Crippen molar-refractivity contribution in [3.8, 4) is 0 Å². The van der Waals surface area contributed by atoms with Gasteiger partial charge < -0.3 is 5.32 Å². The lowest BCUT2D eigenvalue weighted by Gasteiger charge is -2.14. The maximum Gasteiger partial charge on any atom is 0.294 e. The van der Waals surface area contributed by atoms with Gasteiger partial charge in [0.15, 0.2) is 9.84 Å². The molecule has 7 nitrogen and oxygen atoms in total. The van der Waals surface area contributed by atoms with Crippen molar-refractivity contribution < 1.29 is 22.8 Å². The Morgan fingerprint density at radius 1 is 1.42 bits per heavy atom. The maximum atomic E-state index is 12.2. The zero-order valence-electron chi connectivity index (χ0n) is 12.2. The van der Waals surface area contributed by atoms with Crippen LogP contribution in [0.15, 0.2) is 33.9 Å². The van der Waals surface area contributed by atoms with Crippen LogP contribution in [0.4, 0.5) is 4.79 Å². The average molecular weight is 384 g/mol. The smallest absolute Gasteiger partial charge is 0.294 e. The number of thiophene rings is 1. The normalized spacial score (nSPS) is 24.1. The van der Waals surface area contributed by atoms with Crippen molar-refractivity contribution >= 4 is 56.1 Å². The van der Waals surface area contributed by atoms with Gasteiger partial charge in [-0.1, -0.05) is 6.07 Å². The first-order valence-corrected chi connectivity index (χ1v) is 10.2. The number of nitrogens with zero attached hydrogens (tertiary/aromatic N) is 1. The Bertz CT molecular complexity index is 855. The van der Waals surface area contributed by atoms with Gasteiger partial charge in [0.25, 0.3) is 11.1 Å². The number of nitrogens with one attached hydrogen (secondary N) is 1. The summed E-state index contributed by atoms with van der Waals surface area (Å²) in [4.78, 5) is 38.1. The minimum absolute atomic E-state index is 0.209. The van der Waals surface area contributed by atoms with Gasteiger partial charge in [-0.25, -0.2) is 8.42 Å². The van der Waals surface area contributed by atoms with E-state index in [0.29, 0.717) is 0 Å². The first-order chi connectivity index (χ1) is 11.3. The van der Waals surface area contributed by atoms with Gasteiger partial charge in [0.2, 0.25) is 5.91 Å². The van der Waals surface area contributed by atoms with E-state index >= 15 is 0 Å². The van der Waals surface area contributed by atoms with E-state index in [1.807, 2.05) is 17.5 Å². The highest BCUT2D eigenvalue weighted by molar-refractivity contribution is 8.18. The highest BCUT2D eigenvalue weighted by Gasteiger charge is 2.36. The Balaban J connectivity index is 1.63. The molecule has 2 aliphatic heterocycles. The molecule has 1 saturated heterocycles. The molecule has 0 unspecified atom stereocenters. The van der Waals surface area contributed by atoms with Crippen molar-refractivity contribution in [3.63, 3.8) is 0 Å². The van der Waals surface area contributed by atoms with Gasteiger partial charge in [-0.2, -0.15) is 0 Å². The largest absolute Gasteiger partial charge is 0.347 e. The van der Waals surface area contributed by atoms with Crippen LogP contribution in [0.25, 0.3) is 6.08 Å². The predicted molar refractivity (Wildman–Crippen MR) is 91.9 cm³/mol. The van der Waals surface area contributed by atoms with Gasteiger partial charge in [0.1, 0.15) is 6.54 Å². The van der Waals surface area contributed by atoms with Crippen molar-refractivity contribution in [3.05, 3.63) is 38.8 Å². The van der Waals surface area contributed by atoms with Crippen LogP contribution >= 0.6 is 23.1 Å². The quantitative estimate of drug-likeness (QED) is 0.783. The van der Waals surface area contributed by atoms with E-state index in [9.17, 15) is 22.8 Å². The molecular weight excluding hydrogens is 372 g/mol. The second kappa shape index (κ2) is 6.54. The van der Waals surface area contributed by atoms with Gasteiger partial charge in [-0.3, -0.25) is 19.3 Å². The van der Waals surface area contributed by atoms with Gasteiger partial charge in [-0.15, -0.1) is 11.3 Å². The molecule has 10 heteroatoms. The lowest BCUT2D eigenvalue weighted by atomic mass is 10.3. The third-order valence-electron chi connectivity index (χ3n) is 3.27. The van der Waals surface area contributed by atoms with Crippen molar-refractivity contribution in [2.75, 3.05) is 12.3 Å². The number of sulfone groups is 1. The zero-order valence-corrected chi connectivity index (χ0v) is 14.6. The van der Waals surface area contributed by atoms with Crippen LogP contribution in [0.3, 0.4) is 0 Å². The molecule has 1 aromatic rings. The molecular formula is C14H12N2O5S3. The number of carbonyl (C=O) groups excluding carboxylic acids is 3. The third-order valence-corrected chi connectivity index (χ3v) is 6.39. The molecule has 0 bridgehead atoms. The van der Waals surface area contributed by atoms with E-state index in [-0.39, 0.29) is 10.7 Å². The van der Waals surface area contributed by atoms with E-state index in [1.54, 1.807) is 6.08 Å². The fraction of sp³-hybridized carbons (Fsp3) is 0.214. The summed E-state index contributed by atoms with van der Waals surface area (Å²) < 4.78 is 22.6. The average Bonchev–Trinajstić information content (AvgIpc) is 3.17. The lowest BCUT2D eigenvalue weighted by Crippen LogP contribution is -2.43. The Morgan fingerprint density at radius 2 is 2.21 bits per heavy atom. The molecule has 0 aliphatic carbocycles. The molecule has 3 rings (SSSR count). The number of thioether (sulfide) groups is 1. The van der Waals surface area contributed by atoms with Crippen molar-refractivity contribution in [2.24, 2.45) is 0 Å². The molecule has 1 fully saturated rings. The molecule has 1 N–H and O–H groups in total. The molecule has 1 aromatic heterocycles. The number of hydrogen-bond acceptors (Lipinski definition) is 7. The summed E-state index contributed by atoms with van der Waals surface area (Å²) in [6.45, 7) is -0.434. The molecule has 0 aromatic carbocycles. The van der Waals surface area contributed by atoms with Crippen molar-refractivity contribution in [1.29, 1.82) is 0 Å². The second-order valence-electron chi connectivity index (χ2n) is 5.12. The van der Waals surface area contributed by atoms with Crippen LogP contribution in [-0.4, -0.2) is 48.7 Å². The summed E-state index contributed by atoms with van der Waals surface area (Å²) in [5.41, 5.74) is 0. The van der Waals surface area contributed by atoms with Crippen molar-refractivity contribution in [2.45, 2.75) is 6.04 Å². The topological polar surface area (TPSA) is 101 Å². The molecule has 2 aliphatic rings. The lowest BCUT2D eigenvalue weighted by molar-refractivity contribution is -0.129. The van der Waals surface area contributed by atoms with Crippen molar-refractivity contribution in [1.82, 2.24) is 10.2 Å². The Labute approximate surface area is 146 Å². The summed E-state index contributed by atoms with van der Waals surface area (Å²) in [6, 6.07) is 3.01. The molecule has 126 valence electrons. The molecule has 24 heavy (non-hydrogen) atoms. The summed E-state index contributed by atoms with van der Waals surface area (Å²) in [7, 11) is -3.28. The minimum atomic E-state index is -3.28. The summed E-state index contributed by atoms with van der Waals surface area (Å²) >= 11 is 2.21. The van der Waals surface area contributed by atoms with Crippen LogP contribution < -0.4 is 5.32 Å². The predicted octanol–water partition coefficient (Wildman–Crippen LogP) is 1.21. The minimum Gasteiger partial charge on any atom is -0.347 e. The summed E-state index contributed by atoms with van der Waals surface area (Å²) in [5, 5.41) is 4.86. The number of hydrogen-bond donors (Lipinski definition) is 1. The first kappa shape index (κ1) is 16.9. The Kier molecular flexibility index (Phi) is 4.61. The van der Waals surface area contributed by atoms with Gasteiger partial charge >= 0.3 is 0 Å². The number of carbonyl (C=O) groups is 3. The number of imide groups is 1. The molecule has 3 heterocycles. The van der Waals surface area contributed by atoms with Crippen LogP contribution in [-0.2, 0) is 19.4 Å². The summed E-state index contributed by atoms with van der Waals surface area (Å²) in [6.07, 6.45) is 2.98. The van der Waals surface area contributed by atoms with Gasteiger partial charge in [0, 0.05) is 10.3 Å². The van der Waals surface area contributed by atoms with Gasteiger partial charge in [-0.05, 0) is 35.4 Å². The standard InChI is InChI=1S/C14H12N2O5S3/c17-12(15-9-3-5-24(20,21)8-9)7-16-13(18)11(23-14(16)19)6-10-2-1-4-22-10/h1-6,9H,7-8H2,(H,15,17)/b11-6+/t9-/m1/s1. The molecule has 3 amide bonds. The SMILES string of the molecule is O=C(CN1C(=O)S/C(=C/c2cccs2)C1=O)N[C@@H]1C=CS(=O)(=O)C1. The molecule has 0 saturated carbocycles. The molecule has 1 atom stereocenters. The Morgan fingerprint density at radius 3 is 2.83 bits per heavy atom. The molecule has 0 radical (unpaired) electrons. The second-order valence-corrected chi connectivity index (χ2v) is 9.02. The van der Waals surface area contributed by atoms with E-state index < -0.39 is 39.5 Å². The van der Waals surface area contributed by atoms with E-state index in [0.717, 1.165) is 26.9 Å². The zero-order chi connectivity index (χ0) is 17.3. The number of rotatable bonds is 4. The molecule has 0 spiro atoms. The Hall–Kier alpha value is -1.91. The fourth-order valence-electron chi connectivity index (χ4n) is 2.20. The van der Waals surface area contributed by atoms with Crippen LogP contribution in [0.2, 0.25) is 0 Å². The highest BCUT2D eigenvalue weighted by atomic mass is 32.2. The van der Waals surface area contributed by atoms with Crippen LogP contribution in [0, 0.1) is 0 Å². The first-order valence-electron chi connectivity index (χ1n) is 6.83. The summed E-state index contributed by atoms with van der Waals surface area (Å²) in [5.74, 6) is -1.32. The third kappa shape index (κ3) is 3.77.